The predicted octanol–water partition coefficient (Wildman–Crippen LogP) is 2.71. The van der Waals surface area contributed by atoms with Gasteiger partial charge in [-0.1, -0.05) is 0 Å². The van der Waals surface area contributed by atoms with Gasteiger partial charge >= 0.3 is 6.01 Å². The summed E-state index contributed by atoms with van der Waals surface area (Å²) in [6.45, 7) is 6.45. The second-order valence-corrected chi connectivity index (χ2v) is 5.85. The fourth-order valence-corrected chi connectivity index (χ4v) is 2.50. The molecule has 0 amide bonds. The van der Waals surface area contributed by atoms with Gasteiger partial charge in [0.1, 0.15) is 0 Å². The molecule has 0 N–H and O–H groups in total. The van der Waals surface area contributed by atoms with Crippen molar-refractivity contribution in [2.24, 2.45) is 0 Å². The van der Waals surface area contributed by atoms with Gasteiger partial charge in [-0.2, -0.15) is 15.0 Å². The molecule has 0 saturated heterocycles. The van der Waals surface area contributed by atoms with Crippen molar-refractivity contribution in [3.05, 3.63) is 21.4 Å². The molecule has 108 valence electrons. The molecule has 20 heavy (non-hydrogen) atoms. The van der Waals surface area contributed by atoms with Crippen LogP contribution in [0.4, 0.5) is 5.95 Å². The molecule has 0 radical (unpaired) electrons. The number of hydrogen-bond acceptors (Lipinski definition) is 7. The molecule has 0 unspecified atom stereocenters. The van der Waals surface area contributed by atoms with Crippen LogP contribution in [0.5, 0.6) is 6.01 Å². The molecule has 0 aliphatic carbocycles. The highest BCUT2D eigenvalue weighted by Gasteiger charge is 2.13. The van der Waals surface area contributed by atoms with Gasteiger partial charge in [0.05, 0.1) is 23.9 Å². The van der Waals surface area contributed by atoms with E-state index in [-0.39, 0.29) is 17.4 Å². The van der Waals surface area contributed by atoms with Crippen LogP contribution in [0.2, 0.25) is 5.28 Å². The van der Waals surface area contributed by atoms with Gasteiger partial charge in [-0.15, -0.1) is 11.3 Å². The second kappa shape index (κ2) is 6.32. The Balaban J connectivity index is 2.18. The monoisotopic (exact) mass is 313 g/mol. The largest absolute Gasteiger partial charge is 0.461 e. The average Bonchev–Trinajstić information content (AvgIpc) is 2.73. The van der Waals surface area contributed by atoms with E-state index >= 15 is 0 Å². The lowest BCUT2D eigenvalue weighted by molar-refractivity contribution is 0.221. The lowest BCUT2D eigenvalue weighted by Gasteiger charge is -2.17. The van der Waals surface area contributed by atoms with Crippen molar-refractivity contribution < 1.29 is 4.74 Å². The molecule has 6 nitrogen and oxygen atoms in total. The van der Waals surface area contributed by atoms with E-state index in [1.165, 1.54) is 0 Å². The van der Waals surface area contributed by atoms with Gasteiger partial charge in [-0.25, -0.2) is 4.98 Å². The highest BCUT2D eigenvalue weighted by atomic mass is 35.5. The molecule has 0 aliphatic heterocycles. The summed E-state index contributed by atoms with van der Waals surface area (Å²) in [5.74, 6) is 0.480. The summed E-state index contributed by atoms with van der Waals surface area (Å²) in [6.07, 6.45) is -0.0182. The maximum absolute atomic E-state index is 5.91. The Kier molecular flexibility index (Phi) is 4.72. The first kappa shape index (κ1) is 14.9. The van der Waals surface area contributed by atoms with Crippen molar-refractivity contribution in [3.8, 4) is 6.01 Å². The van der Waals surface area contributed by atoms with Crippen LogP contribution in [0.25, 0.3) is 0 Å². The maximum atomic E-state index is 5.91. The minimum atomic E-state index is -0.0182. The maximum Gasteiger partial charge on any atom is 0.322 e. The number of nitrogens with zero attached hydrogens (tertiary/aromatic N) is 5. The Hall–Kier alpha value is -1.47. The van der Waals surface area contributed by atoms with Gasteiger partial charge in [-0.05, 0) is 32.4 Å². The summed E-state index contributed by atoms with van der Waals surface area (Å²) in [7, 11) is 1.89. The smallest absolute Gasteiger partial charge is 0.322 e. The van der Waals surface area contributed by atoms with Gasteiger partial charge in [-0.3, -0.25) is 0 Å². The predicted molar refractivity (Wildman–Crippen MR) is 79.6 cm³/mol. The molecule has 0 fully saturated rings. The number of rotatable bonds is 5. The molecular weight excluding hydrogens is 298 g/mol. The third kappa shape index (κ3) is 3.77. The van der Waals surface area contributed by atoms with Crippen molar-refractivity contribution in [1.82, 2.24) is 19.9 Å². The average molecular weight is 314 g/mol. The van der Waals surface area contributed by atoms with Gasteiger partial charge in [0, 0.05) is 11.9 Å². The number of hydrogen-bond donors (Lipinski definition) is 0. The molecule has 0 spiro atoms. The first-order valence-electron chi connectivity index (χ1n) is 6.14. The number of ether oxygens (including phenoxy) is 1. The molecule has 2 heterocycles. The van der Waals surface area contributed by atoms with E-state index in [1.807, 2.05) is 38.2 Å². The van der Waals surface area contributed by atoms with Crippen LogP contribution in [0.1, 0.15) is 24.4 Å². The zero-order valence-electron chi connectivity index (χ0n) is 11.8. The fourth-order valence-electron chi connectivity index (χ4n) is 1.52. The van der Waals surface area contributed by atoms with Gasteiger partial charge in [0.15, 0.2) is 0 Å². The van der Waals surface area contributed by atoms with Crippen molar-refractivity contribution in [1.29, 1.82) is 0 Å². The van der Waals surface area contributed by atoms with E-state index in [0.29, 0.717) is 12.5 Å². The zero-order chi connectivity index (χ0) is 14.7. The minimum absolute atomic E-state index is 0.0182. The third-order valence-electron chi connectivity index (χ3n) is 2.48. The third-order valence-corrected chi connectivity index (χ3v) is 3.57. The quantitative estimate of drug-likeness (QED) is 0.845. The molecule has 0 saturated carbocycles. The van der Waals surface area contributed by atoms with Crippen LogP contribution in [-0.4, -0.2) is 33.1 Å². The van der Waals surface area contributed by atoms with Gasteiger partial charge in [0.25, 0.3) is 0 Å². The summed E-state index contributed by atoms with van der Waals surface area (Å²) in [6, 6.07) is 0.239. The summed E-state index contributed by atoms with van der Waals surface area (Å²) in [5.41, 5.74) is 2.84. The molecule has 0 aliphatic rings. The molecule has 0 atom stereocenters. The van der Waals surface area contributed by atoms with Gasteiger partial charge < -0.3 is 9.64 Å². The second-order valence-electron chi connectivity index (χ2n) is 4.57. The van der Waals surface area contributed by atoms with Crippen molar-refractivity contribution in [3.63, 3.8) is 0 Å². The first-order valence-corrected chi connectivity index (χ1v) is 7.40. The Morgan fingerprint density at radius 1 is 1.35 bits per heavy atom. The summed E-state index contributed by atoms with van der Waals surface area (Å²) >= 11 is 7.52. The molecule has 2 aromatic rings. The van der Waals surface area contributed by atoms with E-state index in [1.54, 1.807) is 11.3 Å². The lowest BCUT2D eigenvalue weighted by atomic mass is 10.4. The normalized spacial score (nSPS) is 10.9. The topological polar surface area (TPSA) is 64.0 Å². The van der Waals surface area contributed by atoms with E-state index in [2.05, 4.69) is 19.9 Å². The summed E-state index contributed by atoms with van der Waals surface area (Å²) in [4.78, 5) is 19.6. The number of aryl methyl sites for hydroxylation is 1. The molecule has 2 aromatic heterocycles. The summed E-state index contributed by atoms with van der Waals surface area (Å²) in [5, 5.41) is 0.124. The SMILES string of the molecule is Cc1ncsc1CN(C)c1nc(Cl)nc(OC(C)C)n1. The fraction of sp³-hybridized carbons (Fsp3) is 0.500. The Bertz CT molecular complexity index is 589. The number of anilines is 1. The number of halogens is 1. The Labute approximate surface area is 126 Å². The Morgan fingerprint density at radius 2 is 2.10 bits per heavy atom. The molecule has 2 rings (SSSR count). The molecule has 0 aromatic carbocycles. The van der Waals surface area contributed by atoms with Crippen LogP contribution >= 0.6 is 22.9 Å². The van der Waals surface area contributed by atoms with Crippen molar-refractivity contribution in [2.45, 2.75) is 33.4 Å². The number of aromatic nitrogens is 4. The van der Waals surface area contributed by atoms with Gasteiger partial charge in [0.2, 0.25) is 11.2 Å². The standard InChI is InChI=1S/C12H16ClN5OS/c1-7(2)19-12-16-10(13)15-11(17-12)18(4)5-9-8(3)14-6-20-9/h6-7H,5H2,1-4H3. The number of thiazole rings is 1. The van der Waals surface area contributed by atoms with Crippen LogP contribution in [0, 0.1) is 6.92 Å². The van der Waals surface area contributed by atoms with Crippen LogP contribution < -0.4 is 9.64 Å². The van der Waals surface area contributed by atoms with E-state index in [0.717, 1.165) is 10.6 Å². The van der Waals surface area contributed by atoms with E-state index in [4.69, 9.17) is 16.3 Å². The van der Waals surface area contributed by atoms with Crippen LogP contribution in [0.3, 0.4) is 0 Å². The highest BCUT2D eigenvalue weighted by molar-refractivity contribution is 7.09. The zero-order valence-corrected chi connectivity index (χ0v) is 13.4. The molecule has 0 bridgehead atoms. The minimum Gasteiger partial charge on any atom is -0.461 e. The molecular formula is C12H16ClN5OS. The van der Waals surface area contributed by atoms with Crippen LogP contribution in [0.15, 0.2) is 5.51 Å². The first-order chi connectivity index (χ1) is 9.45. The lowest BCUT2D eigenvalue weighted by Crippen LogP contribution is -2.20. The highest BCUT2D eigenvalue weighted by Crippen LogP contribution is 2.19. The van der Waals surface area contributed by atoms with E-state index < -0.39 is 0 Å². The Morgan fingerprint density at radius 3 is 2.70 bits per heavy atom. The molecule has 8 heteroatoms. The van der Waals surface area contributed by atoms with Crippen molar-refractivity contribution >= 4 is 28.9 Å². The van der Waals surface area contributed by atoms with E-state index in [9.17, 15) is 0 Å². The summed E-state index contributed by atoms with van der Waals surface area (Å²) < 4.78 is 5.46. The van der Waals surface area contributed by atoms with Crippen molar-refractivity contribution in [2.75, 3.05) is 11.9 Å². The van der Waals surface area contributed by atoms with Crippen LogP contribution in [-0.2, 0) is 6.54 Å².